The molecule has 1 aromatic carbocycles. The van der Waals surface area contributed by atoms with Gasteiger partial charge in [-0.15, -0.1) is 0 Å². The molecule has 2 aliphatic heterocycles. The van der Waals surface area contributed by atoms with Crippen molar-refractivity contribution in [2.24, 2.45) is 0 Å². The van der Waals surface area contributed by atoms with Gasteiger partial charge in [0.2, 0.25) is 5.91 Å². The number of rotatable bonds is 6. The summed E-state index contributed by atoms with van der Waals surface area (Å²) in [5.41, 5.74) is 1.88. The third kappa shape index (κ3) is 5.88. The highest BCUT2D eigenvalue weighted by atomic mass is 32.2. The molecule has 0 atom stereocenters. The van der Waals surface area contributed by atoms with Gasteiger partial charge in [0.05, 0.1) is 18.1 Å². The van der Waals surface area contributed by atoms with Gasteiger partial charge in [-0.25, -0.2) is 8.42 Å². The van der Waals surface area contributed by atoms with Crippen molar-refractivity contribution in [3.8, 4) is 0 Å². The average Bonchev–Trinajstić information content (AvgIpc) is 2.73. The number of benzene rings is 1. The predicted molar refractivity (Wildman–Crippen MR) is 111 cm³/mol. The number of ketones is 1. The summed E-state index contributed by atoms with van der Waals surface area (Å²) < 4.78 is 23.0. The van der Waals surface area contributed by atoms with Crippen LogP contribution in [0.3, 0.4) is 0 Å². The van der Waals surface area contributed by atoms with Crippen LogP contribution in [0.2, 0.25) is 0 Å². The number of hydrogen-bond acceptors (Lipinski definition) is 7. The van der Waals surface area contributed by atoms with Crippen LogP contribution < -0.4 is 4.90 Å². The average molecular weight is 422 g/mol. The van der Waals surface area contributed by atoms with Crippen molar-refractivity contribution in [1.29, 1.82) is 0 Å². The summed E-state index contributed by atoms with van der Waals surface area (Å²) >= 11 is 0. The number of hydrogen-bond donors (Lipinski definition) is 1. The Hall–Kier alpha value is -2.23. The van der Waals surface area contributed by atoms with Gasteiger partial charge in [0.25, 0.3) is 0 Å². The maximum atomic E-state index is 12.6. The Morgan fingerprint density at radius 2 is 1.66 bits per heavy atom. The quantitative estimate of drug-likeness (QED) is 0.627. The summed E-state index contributed by atoms with van der Waals surface area (Å²) in [6.45, 7) is 3.14. The zero-order valence-corrected chi connectivity index (χ0v) is 17.2. The summed E-state index contributed by atoms with van der Waals surface area (Å²) in [4.78, 5) is 29.9. The van der Waals surface area contributed by atoms with E-state index in [1.807, 2.05) is 34.1 Å². The lowest BCUT2D eigenvalue weighted by atomic mass is 10.1. The number of para-hydroxylation sites is 1. The van der Waals surface area contributed by atoms with Crippen molar-refractivity contribution in [1.82, 2.24) is 9.80 Å². The molecule has 9 heteroatoms. The van der Waals surface area contributed by atoms with Crippen LogP contribution in [-0.2, 0) is 19.4 Å². The van der Waals surface area contributed by atoms with Crippen molar-refractivity contribution in [2.75, 3.05) is 68.8 Å². The molecule has 1 N–H and O–H groups in total. The van der Waals surface area contributed by atoms with E-state index < -0.39 is 16.4 Å². The van der Waals surface area contributed by atoms with E-state index in [2.05, 4.69) is 4.90 Å². The van der Waals surface area contributed by atoms with Gasteiger partial charge in [0.1, 0.15) is 6.61 Å². The highest BCUT2D eigenvalue weighted by Gasteiger charge is 2.27. The fourth-order valence-electron chi connectivity index (χ4n) is 3.55. The minimum Gasteiger partial charge on any atom is -0.388 e. The second kappa shape index (κ2) is 9.51. The molecule has 2 saturated heterocycles. The molecule has 0 spiro atoms. The van der Waals surface area contributed by atoms with Gasteiger partial charge in [0.15, 0.2) is 15.6 Å². The minimum absolute atomic E-state index is 0.0330. The van der Waals surface area contributed by atoms with Crippen LogP contribution in [0.15, 0.2) is 30.3 Å². The lowest BCUT2D eigenvalue weighted by molar-refractivity contribution is -0.132. The molecule has 29 heavy (non-hydrogen) atoms. The van der Waals surface area contributed by atoms with Crippen molar-refractivity contribution >= 4 is 33.3 Å². The molecule has 158 valence electrons. The molecule has 8 nitrogen and oxygen atoms in total. The van der Waals surface area contributed by atoms with E-state index in [0.29, 0.717) is 39.3 Å². The molecule has 0 radical (unpaired) electrons. The number of aliphatic hydroxyl groups excluding tert-OH is 1. The SMILES string of the molecule is O=C(/C=C/c1ccccc1N1CCN(C(=O)CN2CCS(=O)(=O)CC2)CC1)CO. The molecule has 2 aliphatic rings. The van der Waals surface area contributed by atoms with Gasteiger partial charge >= 0.3 is 0 Å². The molecule has 0 aliphatic carbocycles. The Balaban J connectivity index is 1.55. The third-order valence-corrected chi connectivity index (χ3v) is 6.92. The van der Waals surface area contributed by atoms with Crippen molar-refractivity contribution < 1.29 is 23.1 Å². The molecule has 0 aromatic heterocycles. The monoisotopic (exact) mass is 421 g/mol. The lowest BCUT2D eigenvalue weighted by Gasteiger charge is -2.38. The zero-order chi connectivity index (χ0) is 20.9. The minimum atomic E-state index is -2.94. The fraction of sp³-hybridized carbons (Fsp3) is 0.500. The van der Waals surface area contributed by atoms with E-state index in [1.165, 1.54) is 6.08 Å². The number of aliphatic hydroxyl groups is 1. The summed E-state index contributed by atoms with van der Waals surface area (Å²) in [6.07, 6.45) is 3.08. The zero-order valence-electron chi connectivity index (χ0n) is 16.4. The predicted octanol–water partition coefficient (Wildman–Crippen LogP) is -0.360. The largest absolute Gasteiger partial charge is 0.388 e. The van der Waals surface area contributed by atoms with Crippen LogP contribution >= 0.6 is 0 Å². The number of carbonyl (C=O) groups is 2. The third-order valence-electron chi connectivity index (χ3n) is 5.31. The number of piperazine rings is 1. The van der Waals surface area contributed by atoms with E-state index >= 15 is 0 Å². The highest BCUT2D eigenvalue weighted by Crippen LogP contribution is 2.23. The molecule has 0 saturated carbocycles. The Morgan fingerprint density at radius 3 is 2.31 bits per heavy atom. The Labute approximate surface area is 171 Å². The normalized spacial score (nSPS) is 20.2. The number of carbonyl (C=O) groups excluding carboxylic acids is 2. The maximum absolute atomic E-state index is 12.6. The first kappa shape index (κ1) is 21.5. The van der Waals surface area contributed by atoms with Gasteiger partial charge < -0.3 is 14.9 Å². The lowest BCUT2D eigenvalue weighted by Crippen LogP contribution is -2.52. The van der Waals surface area contributed by atoms with Gasteiger partial charge in [0, 0.05) is 45.0 Å². The fourth-order valence-corrected chi connectivity index (χ4v) is 4.83. The van der Waals surface area contributed by atoms with E-state index in [-0.39, 0.29) is 29.7 Å². The van der Waals surface area contributed by atoms with E-state index in [9.17, 15) is 18.0 Å². The maximum Gasteiger partial charge on any atom is 0.236 e. The van der Waals surface area contributed by atoms with E-state index in [1.54, 1.807) is 6.08 Å². The summed E-state index contributed by atoms with van der Waals surface area (Å²) in [6, 6.07) is 7.72. The number of sulfone groups is 1. The van der Waals surface area contributed by atoms with Crippen LogP contribution in [0.1, 0.15) is 5.56 Å². The van der Waals surface area contributed by atoms with E-state index in [0.717, 1.165) is 11.3 Å². The first-order valence-electron chi connectivity index (χ1n) is 9.74. The van der Waals surface area contributed by atoms with Crippen LogP contribution in [0, 0.1) is 0 Å². The molecular weight excluding hydrogens is 394 g/mol. The van der Waals surface area contributed by atoms with Gasteiger partial charge in [-0.1, -0.05) is 18.2 Å². The Morgan fingerprint density at radius 1 is 1.00 bits per heavy atom. The molecule has 0 bridgehead atoms. The second-order valence-electron chi connectivity index (χ2n) is 7.31. The van der Waals surface area contributed by atoms with Crippen molar-refractivity contribution in [3.63, 3.8) is 0 Å². The van der Waals surface area contributed by atoms with Crippen LogP contribution in [0.4, 0.5) is 5.69 Å². The van der Waals surface area contributed by atoms with Crippen molar-refractivity contribution in [2.45, 2.75) is 0 Å². The molecule has 2 heterocycles. The van der Waals surface area contributed by atoms with Gasteiger partial charge in [-0.3, -0.25) is 14.5 Å². The Kier molecular flexibility index (Phi) is 7.05. The highest BCUT2D eigenvalue weighted by molar-refractivity contribution is 7.91. The summed E-state index contributed by atoms with van der Waals surface area (Å²) in [5.74, 6) is -0.0692. The smallest absolute Gasteiger partial charge is 0.236 e. The first-order chi connectivity index (χ1) is 13.9. The first-order valence-corrected chi connectivity index (χ1v) is 11.6. The molecule has 3 rings (SSSR count). The van der Waals surface area contributed by atoms with Crippen molar-refractivity contribution in [3.05, 3.63) is 35.9 Å². The van der Waals surface area contributed by atoms with Crippen LogP contribution in [0.5, 0.6) is 0 Å². The summed E-state index contributed by atoms with van der Waals surface area (Å²) in [7, 11) is -2.94. The standard InChI is InChI=1S/C20H27N3O5S/c24-16-18(25)6-5-17-3-1-2-4-19(17)22-7-9-23(10-8-22)20(26)15-21-11-13-29(27,28)14-12-21/h1-6,24H,7-16H2/b6-5+. The second-order valence-corrected chi connectivity index (χ2v) is 9.62. The summed E-state index contributed by atoms with van der Waals surface area (Å²) in [5, 5.41) is 8.87. The van der Waals surface area contributed by atoms with Crippen LogP contribution in [-0.4, -0.2) is 98.9 Å². The number of amides is 1. The van der Waals surface area contributed by atoms with Gasteiger partial charge in [-0.2, -0.15) is 0 Å². The number of anilines is 1. The topological polar surface area (TPSA) is 98.2 Å². The van der Waals surface area contributed by atoms with Crippen LogP contribution in [0.25, 0.3) is 6.08 Å². The Bertz CT molecular complexity index is 862. The van der Waals surface area contributed by atoms with E-state index in [4.69, 9.17) is 5.11 Å². The molecular formula is C20H27N3O5S. The molecule has 1 amide bonds. The number of nitrogens with zero attached hydrogens (tertiary/aromatic N) is 3. The molecule has 2 fully saturated rings. The molecule has 0 unspecified atom stereocenters. The van der Waals surface area contributed by atoms with Gasteiger partial charge in [-0.05, 0) is 23.8 Å². The molecule has 1 aromatic rings.